The lowest BCUT2D eigenvalue weighted by atomic mass is 10.2. The van der Waals surface area contributed by atoms with Crippen LogP contribution >= 0.6 is 0 Å². The second-order valence-electron chi connectivity index (χ2n) is 4.28. The van der Waals surface area contributed by atoms with E-state index < -0.39 is 10.8 Å². The Balaban J connectivity index is 2.55. The summed E-state index contributed by atoms with van der Waals surface area (Å²) in [5.74, 6) is -0.236. The van der Waals surface area contributed by atoms with E-state index in [9.17, 15) is 9.00 Å². The lowest BCUT2D eigenvalue weighted by molar-refractivity contribution is -0.119. The van der Waals surface area contributed by atoms with Crippen molar-refractivity contribution < 1.29 is 9.00 Å². The molecule has 100 valence electrons. The molecule has 0 spiro atoms. The number of carbonyl (C=O) groups is 1. The molecule has 3 N–H and O–H groups in total. The van der Waals surface area contributed by atoms with E-state index in [1.807, 2.05) is 6.92 Å². The minimum absolute atomic E-state index is 0.0394. The Hall–Kier alpha value is -1.36. The Labute approximate surface area is 110 Å². The molecule has 1 aromatic rings. The van der Waals surface area contributed by atoms with Gasteiger partial charge in [0.2, 0.25) is 5.91 Å². The summed E-state index contributed by atoms with van der Waals surface area (Å²) in [6, 6.07) is 7.03. The molecule has 0 heterocycles. The normalized spacial score (nSPS) is 13.9. The highest BCUT2D eigenvalue weighted by Gasteiger charge is 2.13. The summed E-state index contributed by atoms with van der Waals surface area (Å²) in [4.78, 5) is 12.2. The number of anilines is 1. The average molecular weight is 268 g/mol. The van der Waals surface area contributed by atoms with Crippen LogP contribution in [0.3, 0.4) is 0 Å². The first-order chi connectivity index (χ1) is 8.54. The maximum absolute atomic E-state index is 12.0. The summed E-state index contributed by atoms with van der Waals surface area (Å²) in [6.45, 7) is 4.01. The zero-order valence-electron chi connectivity index (χ0n) is 10.8. The first-order valence-electron chi connectivity index (χ1n) is 6.06. The first kappa shape index (κ1) is 14.7. The minimum atomic E-state index is -1.38. The summed E-state index contributed by atoms with van der Waals surface area (Å²) in [7, 11) is -1.38. The number of nitrogen functional groups attached to an aromatic ring is 1. The van der Waals surface area contributed by atoms with E-state index in [0.29, 0.717) is 10.6 Å². The van der Waals surface area contributed by atoms with Crippen LogP contribution < -0.4 is 11.1 Å². The third-order valence-electron chi connectivity index (χ3n) is 2.56. The van der Waals surface area contributed by atoms with Crippen molar-refractivity contribution in [1.82, 2.24) is 5.32 Å². The average Bonchev–Trinajstić information content (AvgIpc) is 2.29. The van der Waals surface area contributed by atoms with Crippen LogP contribution in [0.1, 0.15) is 26.7 Å². The largest absolute Gasteiger partial charge is 0.398 e. The van der Waals surface area contributed by atoms with Gasteiger partial charge in [0.1, 0.15) is 5.75 Å². The Morgan fingerprint density at radius 2 is 2.11 bits per heavy atom. The Morgan fingerprint density at radius 1 is 1.44 bits per heavy atom. The van der Waals surface area contributed by atoms with E-state index in [2.05, 4.69) is 12.2 Å². The summed E-state index contributed by atoms with van der Waals surface area (Å²) in [5.41, 5.74) is 6.18. The lowest BCUT2D eigenvalue weighted by Crippen LogP contribution is -2.35. The van der Waals surface area contributed by atoms with Gasteiger partial charge < -0.3 is 11.1 Å². The molecule has 0 saturated heterocycles. The predicted molar refractivity (Wildman–Crippen MR) is 74.6 cm³/mol. The van der Waals surface area contributed by atoms with Gasteiger partial charge in [0.15, 0.2) is 0 Å². The highest BCUT2D eigenvalue weighted by atomic mass is 32.2. The van der Waals surface area contributed by atoms with Crippen LogP contribution in [0.2, 0.25) is 0 Å². The van der Waals surface area contributed by atoms with Gasteiger partial charge in [0, 0.05) is 11.7 Å². The quantitative estimate of drug-likeness (QED) is 0.771. The molecule has 2 atom stereocenters. The van der Waals surface area contributed by atoms with Crippen molar-refractivity contribution in [3.05, 3.63) is 24.3 Å². The van der Waals surface area contributed by atoms with E-state index in [1.54, 1.807) is 24.3 Å². The number of hydrogen-bond donors (Lipinski definition) is 2. The fraction of sp³-hybridized carbons (Fsp3) is 0.462. The fourth-order valence-electron chi connectivity index (χ4n) is 1.71. The van der Waals surface area contributed by atoms with Gasteiger partial charge in [0.25, 0.3) is 0 Å². The van der Waals surface area contributed by atoms with Crippen LogP contribution in [-0.2, 0) is 15.6 Å². The van der Waals surface area contributed by atoms with Crippen molar-refractivity contribution in [2.75, 3.05) is 11.5 Å². The van der Waals surface area contributed by atoms with Crippen molar-refractivity contribution in [1.29, 1.82) is 0 Å². The van der Waals surface area contributed by atoms with Crippen LogP contribution in [0, 0.1) is 0 Å². The molecule has 0 aromatic heterocycles. The van der Waals surface area contributed by atoms with Crippen LogP contribution in [0.15, 0.2) is 29.2 Å². The van der Waals surface area contributed by atoms with Crippen molar-refractivity contribution in [2.24, 2.45) is 0 Å². The first-order valence-corrected chi connectivity index (χ1v) is 7.38. The zero-order chi connectivity index (χ0) is 13.5. The van der Waals surface area contributed by atoms with Gasteiger partial charge in [-0.25, -0.2) is 0 Å². The Bertz CT molecular complexity index is 435. The van der Waals surface area contributed by atoms with Crippen molar-refractivity contribution in [3.8, 4) is 0 Å². The summed E-state index contributed by atoms with van der Waals surface area (Å²) in [5, 5.41) is 2.83. The molecule has 0 aliphatic rings. The van der Waals surface area contributed by atoms with Crippen molar-refractivity contribution in [3.63, 3.8) is 0 Å². The molecule has 1 aromatic carbocycles. The number of para-hydroxylation sites is 1. The fourth-order valence-corrected chi connectivity index (χ4v) is 2.74. The highest BCUT2D eigenvalue weighted by Crippen LogP contribution is 2.15. The molecular weight excluding hydrogens is 248 g/mol. The SMILES string of the molecule is CCCC(C)NC(=O)CS(=O)c1ccccc1N. The molecule has 18 heavy (non-hydrogen) atoms. The van der Waals surface area contributed by atoms with Crippen molar-refractivity contribution >= 4 is 22.4 Å². The van der Waals surface area contributed by atoms with Gasteiger partial charge >= 0.3 is 0 Å². The number of carbonyl (C=O) groups excluding carboxylic acids is 1. The second kappa shape index (κ2) is 7.16. The summed E-state index contributed by atoms with van der Waals surface area (Å²) >= 11 is 0. The maximum Gasteiger partial charge on any atom is 0.233 e. The molecule has 1 amide bonds. The molecule has 0 aliphatic carbocycles. The molecule has 0 fully saturated rings. The monoisotopic (exact) mass is 268 g/mol. The van der Waals surface area contributed by atoms with Gasteiger partial charge in [-0.3, -0.25) is 9.00 Å². The highest BCUT2D eigenvalue weighted by molar-refractivity contribution is 7.86. The zero-order valence-corrected chi connectivity index (χ0v) is 11.6. The van der Waals surface area contributed by atoms with E-state index >= 15 is 0 Å². The third kappa shape index (κ3) is 4.49. The second-order valence-corrected chi connectivity index (χ2v) is 5.70. The Morgan fingerprint density at radius 3 is 2.72 bits per heavy atom. The van der Waals surface area contributed by atoms with E-state index in [-0.39, 0.29) is 17.7 Å². The number of nitrogens with two attached hydrogens (primary N) is 1. The number of nitrogens with one attached hydrogen (secondary N) is 1. The molecule has 2 unspecified atom stereocenters. The molecule has 0 saturated carbocycles. The third-order valence-corrected chi connectivity index (χ3v) is 3.94. The number of amides is 1. The van der Waals surface area contributed by atoms with Crippen LogP contribution in [-0.4, -0.2) is 21.9 Å². The lowest BCUT2D eigenvalue weighted by Gasteiger charge is -2.12. The molecule has 0 radical (unpaired) electrons. The van der Waals surface area contributed by atoms with Gasteiger partial charge in [-0.15, -0.1) is 0 Å². The van der Waals surface area contributed by atoms with Crippen LogP contribution in [0.4, 0.5) is 5.69 Å². The topological polar surface area (TPSA) is 72.2 Å². The smallest absolute Gasteiger partial charge is 0.233 e. The van der Waals surface area contributed by atoms with Crippen molar-refractivity contribution in [2.45, 2.75) is 37.6 Å². The van der Waals surface area contributed by atoms with E-state index in [1.165, 1.54) is 0 Å². The van der Waals surface area contributed by atoms with Gasteiger partial charge in [-0.05, 0) is 25.5 Å². The number of benzene rings is 1. The number of hydrogen-bond acceptors (Lipinski definition) is 3. The standard InChI is InChI=1S/C13H20N2O2S/c1-3-6-10(2)15-13(16)9-18(17)12-8-5-4-7-11(12)14/h4-5,7-8,10H,3,6,9,14H2,1-2H3,(H,15,16). The molecule has 0 aliphatic heterocycles. The molecule has 4 nitrogen and oxygen atoms in total. The predicted octanol–water partition coefficient (Wildman–Crippen LogP) is 1.68. The van der Waals surface area contributed by atoms with Crippen LogP contribution in [0.5, 0.6) is 0 Å². The van der Waals surface area contributed by atoms with Crippen LogP contribution in [0.25, 0.3) is 0 Å². The molecule has 5 heteroatoms. The minimum Gasteiger partial charge on any atom is -0.398 e. The molecule has 0 bridgehead atoms. The van der Waals surface area contributed by atoms with Gasteiger partial charge in [0.05, 0.1) is 15.7 Å². The summed E-state index contributed by atoms with van der Waals surface area (Å²) in [6.07, 6.45) is 1.93. The number of rotatable bonds is 6. The summed E-state index contributed by atoms with van der Waals surface area (Å²) < 4.78 is 12.0. The van der Waals surface area contributed by atoms with Gasteiger partial charge in [-0.2, -0.15) is 0 Å². The molecular formula is C13H20N2O2S. The maximum atomic E-state index is 12.0. The molecule has 1 rings (SSSR count). The Kier molecular flexibility index (Phi) is 5.85. The van der Waals surface area contributed by atoms with E-state index in [0.717, 1.165) is 12.8 Å². The van der Waals surface area contributed by atoms with Gasteiger partial charge in [-0.1, -0.05) is 25.5 Å². The van der Waals surface area contributed by atoms with E-state index in [4.69, 9.17) is 5.73 Å².